The molecule has 14 heavy (non-hydrogen) atoms. The molecule has 0 aromatic carbocycles. The first-order valence-electron chi connectivity index (χ1n) is 3.62. The van der Waals surface area contributed by atoms with Crippen LogP contribution < -0.4 is 0 Å². The fourth-order valence-corrected chi connectivity index (χ4v) is 1.13. The van der Waals surface area contributed by atoms with Gasteiger partial charge in [-0.15, -0.1) is 0 Å². The van der Waals surface area contributed by atoms with Gasteiger partial charge in [0, 0.05) is 5.56 Å². The third-order valence-corrected chi connectivity index (χ3v) is 2.08. The first kappa shape index (κ1) is 10.8. The van der Waals surface area contributed by atoms with E-state index in [-0.39, 0.29) is 10.7 Å². The largest absolute Gasteiger partial charge is 0.477 e. The molecule has 76 valence electrons. The lowest BCUT2D eigenvalue weighted by atomic mass is 10.1. The highest BCUT2D eigenvalue weighted by atomic mass is 35.5. The number of hydrogen-bond donors (Lipinski definition) is 1. The van der Waals surface area contributed by atoms with E-state index >= 15 is 0 Å². The second kappa shape index (κ2) is 3.88. The maximum absolute atomic E-state index is 12.4. The lowest BCUT2D eigenvalue weighted by molar-refractivity contribution is 0.0690. The lowest BCUT2D eigenvalue weighted by Gasteiger charge is -2.06. The molecule has 0 amide bonds. The average molecular weight is 222 g/mol. The molecule has 0 saturated carbocycles. The Kier molecular flexibility index (Phi) is 3.00. The van der Waals surface area contributed by atoms with Gasteiger partial charge < -0.3 is 5.11 Å². The van der Waals surface area contributed by atoms with Crippen LogP contribution in [0.15, 0.2) is 6.07 Å². The number of halogens is 3. The fourth-order valence-electron chi connectivity index (χ4n) is 0.933. The van der Waals surface area contributed by atoms with Crippen LogP contribution in [0.1, 0.15) is 28.0 Å². The van der Waals surface area contributed by atoms with Gasteiger partial charge in [0.05, 0.1) is 0 Å². The van der Waals surface area contributed by atoms with Crippen LogP contribution in [0.25, 0.3) is 0 Å². The third kappa shape index (κ3) is 1.98. The molecule has 0 unspecified atom stereocenters. The zero-order valence-electron chi connectivity index (χ0n) is 7.09. The van der Waals surface area contributed by atoms with Crippen molar-refractivity contribution < 1.29 is 18.7 Å². The maximum atomic E-state index is 12.4. The predicted octanol–water partition coefficient (Wildman–Crippen LogP) is 2.68. The van der Waals surface area contributed by atoms with Crippen LogP contribution in [0, 0.1) is 6.92 Å². The summed E-state index contributed by atoms with van der Waals surface area (Å²) in [6.07, 6.45) is -2.76. The van der Waals surface area contributed by atoms with Crippen molar-refractivity contribution in [1.82, 2.24) is 4.98 Å². The van der Waals surface area contributed by atoms with Crippen LogP contribution >= 0.6 is 11.6 Å². The Morgan fingerprint density at radius 3 is 2.64 bits per heavy atom. The molecule has 1 N–H and O–H groups in total. The van der Waals surface area contributed by atoms with E-state index in [4.69, 9.17) is 16.7 Å². The van der Waals surface area contributed by atoms with Crippen molar-refractivity contribution in [3.8, 4) is 0 Å². The van der Waals surface area contributed by atoms with Gasteiger partial charge in [0.25, 0.3) is 6.43 Å². The van der Waals surface area contributed by atoms with Gasteiger partial charge in [0.2, 0.25) is 0 Å². The Hall–Kier alpha value is -1.23. The van der Waals surface area contributed by atoms with Crippen molar-refractivity contribution in [3.05, 3.63) is 28.0 Å². The molecule has 0 bridgehead atoms. The third-order valence-electron chi connectivity index (χ3n) is 1.71. The normalized spacial score (nSPS) is 10.6. The Bertz CT molecular complexity index is 382. The average Bonchev–Trinajstić information content (AvgIpc) is 2.08. The molecule has 0 radical (unpaired) electrons. The first-order valence-corrected chi connectivity index (χ1v) is 3.99. The zero-order chi connectivity index (χ0) is 10.9. The van der Waals surface area contributed by atoms with Crippen LogP contribution in [0.3, 0.4) is 0 Å². The van der Waals surface area contributed by atoms with E-state index in [0.717, 1.165) is 6.07 Å². The number of hydrogen-bond acceptors (Lipinski definition) is 2. The number of carbonyl (C=O) groups is 1. The van der Waals surface area contributed by atoms with E-state index in [1.807, 2.05) is 0 Å². The summed E-state index contributed by atoms with van der Waals surface area (Å²) >= 11 is 5.50. The Morgan fingerprint density at radius 1 is 1.64 bits per heavy atom. The molecule has 3 nitrogen and oxygen atoms in total. The zero-order valence-corrected chi connectivity index (χ0v) is 7.85. The van der Waals surface area contributed by atoms with Crippen LogP contribution in [0.5, 0.6) is 0 Å². The van der Waals surface area contributed by atoms with Gasteiger partial charge in [-0.3, -0.25) is 0 Å². The summed E-state index contributed by atoms with van der Waals surface area (Å²) in [7, 11) is 0. The predicted molar refractivity (Wildman–Crippen MR) is 45.9 cm³/mol. The minimum atomic E-state index is -2.76. The van der Waals surface area contributed by atoms with E-state index in [2.05, 4.69) is 4.98 Å². The second-order valence-electron chi connectivity index (χ2n) is 2.62. The summed E-state index contributed by atoms with van der Waals surface area (Å²) in [6.45, 7) is 1.36. The summed E-state index contributed by atoms with van der Waals surface area (Å²) in [4.78, 5) is 13.9. The molecule has 0 saturated heterocycles. The maximum Gasteiger partial charge on any atom is 0.354 e. The smallest absolute Gasteiger partial charge is 0.354 e. The van der Waals surface area contributed by atoms with Gasteiger partial charge >= 0.3 is 5.97 Å². The van der Waals surface area contributed by atoms with E-state index in [1.165, 1.54) is 6.92 Å². The highest BCUT2D eigenvalue weighted by Crippen LogP contribution is 2.27. The summed E-state index contributed by atoms with van der Waals surface area (Å²) in [6, 6.07) is 0.828. The first-order chi connectivity index (χ1) is 6.43. The number of nitrogens with zero attached hydrogens (tertiary/aromatic N) is 1. The number of carboxylic acid groups (broad SMARTS) is 1. The van der Waals surface area contributed by atoms with Crippen LogP contribution in [0.2, 0.25) is 5.15 Å². The van der Waals surface area contributed by atoms with Gasteiger partial charge in [-0.05, 0) is 18.6 Å². The highest BCUT2D eigenvalue weighted by Gasteiger charge is 2.17. The van der Waals surface area contributed by atoms with Gasteiger partial charge in [-0.2, -0.15) is 0 Å². The van der Waals surface area contributed by atoms with Crippen molar-refractivity contribution in [2.45, 2.75) is 13.3 Å². The lowest BCUT2D eigenvalue weighted by Crippen LogP contribution is -2.04. The molecule has 0 aliphatic heterocycles. The van der Waals surface area contributed by atoms with Crippen LogP contribution in [0.4, 0.5) is 8.78 Å². The molecular formula is C8H6ClF2NO2. The van der Waals surface area contributed by atoms with Gasteiger partial charge in [0.1, 0.15) is 10.8 Å². The molecule has 1 heterocycles. The number of aromatic carboxylic acids is 1. The topological polar surface area (TPSA) is 50.2 Å². The SMILES string of the molecule is Cc1c(C(F)F)cc(C(=O)O)nc1Cl. The molecular weight excluding hydrogens is 216 g/mol. The Balaban J connectivity index is 3.35. The Labute approximate surface area is 83.3 Å². The van der Waals surface area contributed by atoms with Gasteiger partial charge in [0.15, 0.2) is 0 Å². The minimum Gasteiger partial charge on any atom is -0.477 e. The van der Waals surface area contributed by atoms with Crippen molar-refractivity contribution in [2.24, 2.45) is 0 Å². The van der Waals surface area contributed by atoms with E-state index in [1.54, 1.807) is 0 Å². The standard InChI is InChI=1S/C8H6ClF2NO2/c1-3-4(7(10)11)2-5(8(13)14)12-6(3)9/h2,7H,1H3,(H,13,14). The van der Waals surface area contributed by atoms with Crippen molar-refractivity contribution in [1.29, 1.82) is 0 Å². The molecule has 6 heteroatoms. The monoisotopic (exact) mass is 221 g/mol. The van der Waals surface area contributed by atoms with Crippen molar-refractivity contribution >= 4 is 17.6 Å². The van der Waals surface area contributed by atoms with E-state index in [9.17, 15) is 13.6 Å². The summed E-state index contributed by atoms with van der Waals surface area (Å²) < 4.78 is 24.7. The molecule has 1 aromatic rings. The molecule has 1 aromatic heterocycles. The van der Waals surface area contributed by atoms with Crippen LogP contribution in [-0.4, -0.2) is 16.1 Å². The summed E-state index contributed by atoms with van der Waals surface area (Å²) in [5.41, 5.74) is -0.773. The molecule has 0 fully saturated rings. The number of pyridine rings is 1. The number of alkyl halides is 2. The quantitative estimate of drug-likeness (QED) is 0.781. The van der Waals surface area contributed by atoms with Crippen molar-refractivity contribution in [3.63, 3.8) is 0 Å². The molecule has 0 aliphatic carbocycles. The number of carboxylic acids is 1. The Morgan fingerprint density at radius 2 is 2.21 bits per heavy atom. The summed E-state index contributed by atoms with van der Waals surface area (Å²) in [5.74, 6) is -1.38. The molecule has 0 atom stereocenters. The minimum absolute atomic E-state index is 0.103. The van der Waals surface area contributed by atoms with Crippen LogP contribution in [-0.2, 0) is 0 Å². The van der Waals surface area contributed by atoms with Gasteiger partial charge in [-0.25, -0.2) is 18.6 Å². The molecule has 1 rings (SSSR count). The molecule has 0 spiro atoms. The van der Waals surface area contributed by atoms with Crippen molar-refractivity contribution in [2.75, 3.05) is 0 Å². The fraction of sp³-hybridized carbons (Fsp3) is 0.250. The second-order valence-corrected chi connectivity index (χ2v) is 2.98. The summed E-state index contributed by atoms with van der Waals surface area (Å²) in [5, 5.41) is 8.33. The van der Waals surface area contributed by atoms with Gasteiger partial charge in [-0.1, -0.05) is 11.6 Å². The van der Waals surface area contributed by atoms with E-state index in [0.29, 0.717) is 0 Å². The van der Waals surface area contributed by atoms with E-state index < -0.39 is 23.7 Å². The number of rotatable bonds is 2. The highest BCUT2D eigenvalue weighted by molar-refractivity contribution is 6.30. The number of aromatic nitrogens is 1. The molecule has 0 aliphatic rings.